The van der Waals surface area contributed by atoms with Crippen LogP contribution in [0.2, 0.25) is 0 Å². The summed E-state index contributed by atoms with van der Waals surface area (Å²) < 4.78 is 30.5. The molecule has 190 valence electrons. The van der Waals surface area contributed by atoms with Gasteiger partial charge in [0.2, 0.25) is 10.0 Å². The highest BCUT2D eigenvalue weighted by Crippen LogP contribution is 2.35. The van der Waals surface area contributed by atoms with Crippen LogP contribution in [0, 0.1) is 0 Å². The molecule has 0 atom stereocenters. The summed E-state index contributed by atoms with van der Waals surface area (Å²) in [6.07, 6.45) is 8.04. The number of amides is 1. The molecule has 10 heteroatoms. The van der Waals surface area contributed by atoms with Crippen molar-refractivity contribution in [1.29, 1.82) is 0 Å². The van der Waals surface area contributed by atoms with E-state index in [9.17, 15) is 13.2 Å². The number of benzene rings is 2. The lowest BCUT2D eigenvalue weighted by molar-refractivity contribution is -0.121. The first-order valence-electron chi connectivity index (χ1n) is 12.0. The molecule has 2 saturated heterocycles. The van der Waals surface area contributed by atoms with Crippen LogP contribution in [0.4, 0.5) is 0 Å². The van der Waals surface area contributed by atoms with Crippen molar-refractivity contribution in [3.8, 4) is 16.9 Å². The second kappa shape index (κ2) is 10.7. The highest BCUT2D eigenvalue weighted by molar-refractivity contribution is 8.26. The van der Waals surface area contributed by atoms with Gasteiger partial charge < -0.3 is 0 Å². The van der Waals surface area contributed by atoms with E-state index in [0.29, 0.717) is 45.7 Å². The molecule has 1 aromatic heterocycles. The number of carbonyl (C=O) groups excluding carboxylic acids is 1. The number of carbonyl (C=O) groups is 1. The second-order valence-electron chi connectivity index (χ2n) is 8.79. The van der Waals surface area contributed by atoms with Gasteiger partial charge in [-0.25, -0.2) is 13.1 Å². The van der Waals surface area contributed by atoms with Crippen LogP contribution in [-0.2, 0) is 14.8 Å². The maximum atomic E-state index is 13.4. The molecule has 0 aliphatic carbocycles. The highest BCUT2D eigenvalue weighted by Gasteiger charge is 2.32. The average molecular weight is 551 g/mol. The largest absolute Gasteiger partial charge is 0.289 e. The number of nitrogens with zero attached hydrogens (tertiary/aromatic N) is 4. The summed E-state index contributed by atoms with van der Waals surface area (Å²) in [6, 6.07) is 16.5. The minimum Gasteiger partial charge on any atom is -0.289 e. The maximum absolute atomic E-state index is 13.4. The zero-order chi connectivity index (χ0) is 26.0. The smallest absolute Gasteiger partial charge is 0.266 e. The molecule has 2 aliphatic rings. The lowest BCUT2D eigenvalue weighted by atomic mass is 10.1. The number of rotatable bonds is 7. The lowest BCUT2D eigenvalue weighted by Crippen LogP contribution is -2.35. The zero-order valence-corrected chi connectivity index (χ0v) is 22.6. The predicted molar refractivity (Wildman–Crippen MR) is 152 cm³/mol. The third-order valence-corrected chi connectivity index (χ3v) is 9.57. The van der Waals surface area contributed by atoms with E-state index < -0.39 is 10.0 Å². The molecule has 0 spiro atoms. The molecule has 0 N–H and O–H groups in total. The van der Waals surface area contributed by atoms with Crippen LogP contribution in [0.5, 0.6) is 0 Å². The summed E-state index contributed by atoms with van der Waals surface area (Å²) in [5, 5.41) is 4.81. The van der Waals surface area contributed by atoms with Crippen molar-refractivity contribution in [3.05, 3.63) is 83.9 Å². The number of thiocarbonyl (C=S) groups is 1. The van der Waals surface area contributed by atoms with Gasteiger partial charge in [-0.3, -0.25) is 9.69 Å². The lowest BCUT2D eigenvalue weighted by Gasteiger charge is -2.26. The van der Waals surface area contributed by atoms with Crippen LogP contribution in [0.3, 0.4) is 0 Å². The van der Waals surface area contributed by atoms with Gasteiger partial charge in [0.25, 0.3) is 5.91 Å². The molecule has 5 rings (SSSR count). The normalized spacial score (nSPS) is 18.1. The Kier molecular flexibility index (Phi) is 7.43. The molecule has 1 amide bonds. The Bertz CT molecular complexity index is 1490. The number of hydrogen-bond acceptors (Lipinski definition) is 6. The topological polar surface area (TPSA) is 75.5 Å². The summed E-state index contributed by atoms with van der Waals surface area (Å²) >= 11 is 6.62. The summed E-state index contributed by atoms with van der Waals surface area (Å²) in [5.74, 6) is -0.185. The Balaban J connectivity index is 1.59. The van der Waals surface area contributed by atoms with E-state index in [1.165, 1.54) is 16.7 Å². The molecule has 2 aromatic carbocycles. The first-order valence-corrected chi connectivity index (χ1v) is 14.7. The summed E-state index contributed by atoms with van der Waals surface area (Å²) in [4.78, 5) is 15.2. The van der Waals surface area contributed by atoms with E-state index >= 15 is 0 Å². The fraction of sp³-hybridized carbons (Fsp3) is 0.222. The van der Waals surface area contributed by atoms with Gasteiger partial charge in [0, 0.05) is 37.0 Å². The van der Waals surface area contributed by atoms with Crippen LogP contribution < -0.4 is 0 Å². The number of aromatic nitrogens is 2. The third-order valence-electron chi connectivity index (χ3n) is 6.30. The minimum atomic E-state index is -3.61. The molecule has 37 heavy (non-hydrogen) atoms. The molecule has 2 aliphatic heterocycles. The minimum absolute atomic E-state index is 0.185. The Morgan fingerprint density at radius 2 is 1.81 bits per heavy atom. The van der Waals surface area contributed by atoms with Crippen molar-refractivity contribution in [3.63, 3.8) is 0 Å². The van der Waals surface area contributed by atoms with Gasteiger partial charge in [0.1, 0.15) is 10.0 Å². The van der Waals surface area contributed by atoms with Gasteiger partial charge in [-0.15, -0.1) is 6.58 Å². The molecule has 3 heterocycles. The van der Waals surface area contributed by atoms with Crippen LogP contribution in [0.1, 0.15) is 24.8 Å². The van der Waals surface area contributed by atoms with Crippen LogP contribution in [-0.4, -0.2) is 57.3 Å². The molecule has 0 bridgehead atoms. The molecule has 0 saturated carbocycles. The average Bonchev–Trinajstić information content (AvgIpc) is 3.46. The number of sulfonamides is 1. The molecule has 0 unspecified atom stereocenters. The van der Waals surface area contributed by atoms with E-state index in [2.05, 4.69) is 6.58 Å². The Morgan fingerprint density at radius 1 is 1.05 bits per heavy atom. The van der Waals surface area contributed by atoms with E-state index in [1.54, 1.807) is 39.3 Å². The molecule has 0 radical (unpaired) electrons. The number of para-hydroxylation sites is 1. The maximum Gasteiger partial charge on any atom is 0.266 e. The van der Waals surface area contributed by atoms with Gasteiger partial charge in [-0.2, -0.15) is 9.40 Å². The van der Waals surface area contributed by atoms with E-state index in [0.717, 1.165) is 24.9 Å². The second-order valence-corrected chi connectivity index (χ2v) is 12.4. The van der Waals surface area contributed by atoms with Crippen molar-refractivity contribution in [2.45, 2.75) is 24.2 Å². The van der Waals surface area contributed by atoms with E-state index in [1.807, 2.05) is 42.6 Å². The molecular formula is C27H26N4O3S3. The highest BCUT2D eigenvalue weighted by atomic mass is 32.2. The first kappa shape index (κ1) is 25.6. The van der Waals surface area contributed by atoms with Crippen LogP contribution in [0.15, 0.2) is 83.2 Å². The molecule has 7 nitrogen and oxygen atoms in total. The predicted octanol–water partition coefficient (Wildman–Crippen LogP) is 5.10. The van der Waals surface area contributed by atoms with Crippen LogP contribution in [0.25, 0.3) is 23.0 Å². The van der Waals surface area contributed by atoms with Gasteiger partial charge in [0.05, 0.1) is 15.5 Å². The van der Waals surface area contributed by atoms with Crippen molar-refractivity contribution in [2.24, 2.45) is 0 Å². The fourth-order valence-electron chi connectivity index (χ4n) is 4.42. The third kappa shape index (κ3) is 5.19. The monoisotopic (exact) mass is 550 g/mol. The molecule has 3 aromatic rings. The van der Waals surface area contributed by atoms with Gasteiger partial charge >= 0.3 is 0 Å². The standard InChI is InChI=1S/C27H26N4O3S3/c1-2-14-30-26(32)24(36-27(30)35)18-21-19-31(22-11-5-3-6-12-22)28-25(21)20-10-9-13-23(17-20)37(33,34)29-15-7-4-8-16-29/h2-3,5-6,9-13,17-19H,1,4,7-8,14-16H2. The summed E-state index contributed by atoms with van der Waals surface area (Å²) in [5.41, 5.74) is 2.77. The summed E-state index contributed by atoms with van der Waals surface area (Å²) in [7, 11) is -3.61. The van der Waals surface area contributed by atoms with E-state index in [4.69, 9.17) is 17.3 Å². The zero-order valence-electron chi connectivity index (χ0n) is 20.1. The summed E-state index contributed by atoms with van der Waals surface area (Å²) in [6.45, 7) is 5.12. The van der Waals surface area contributed by atoms with Crippen LogP contribution >= 0.6 is 24.0 Å². The molecule has 2 fully saturated rings. The van der Waals surface area contributed by atoms with Crippen molar-refractivity contribution >= 4 is 50.3 Å². The number of hydrogen-bond donors (Lipinski definition) is 0. The number of piperidine rings is 1. The van der Waals surface area contributed by atoms with Crippen molar-refractivity contribution in [1.82, 2.24) is 19.0 Å². The fourth-order valence-corrected chi connectivity index (χ4v) is 7.25. The Hall–Kier alpha value is -3.05. The molecular weight excluding hydrogens is 525 g/mol. The van der Waals surface area contributed by atoms with Gasteiger partial charge in [-0.05, 0) is 43.2 Å². The SMILES string of the molecule is C=CCN1C(=O)C(=Cc2cn(-c3ccccc3)nc2-c2cccc(S(=O)(=O)N3CCCCC3)c2)SC1=S. The van der Waals surface area contributed by atoms with Crippen molar-refractivity contribution in [2.75, 3.05) is 19.6 Å². The van der Waals surface area contributed by atoms with Gasteiger partial charge in [0.15, 0.2) is 0 Å². The Labute approximate surface area is 226 Å². The van der Waals surface area contributed by atoms with Crippen molar-refractivity contribution < 1.29 is 13.2 Å². The first-order chi connectivity index (χ1) is 17.9. The number of thioether (sulfide) groups is 1. The van der Waals surface area contributed by atoms with E-state index in [-0.39, 0.29) is 10.8 Å². The Morgan fingerprint density at radius 3 is 2.54 bits per heavy atom. The quantitative estimate of drug-likeness (QED) is 0.231. The van der Waals surface area contributed by atoms with Gasteiger partial charge in [-0.1, -0.05) is 66.8 Å².